The number of aromatic hydroxyl groups is 1. The zero-order valence-corrected chi connectivity index (χ0v) is 22.7. The van der Waals surface area contributed by atoms with Gasteiger partial charge in [-0.05, 0) is 92.0 Å². The van der Waals surface area contributed by atoms with Crippen molar-refractivity contribution in [2.24, 2.45) is 5.92 Å². The molecule has 5 rings (SSSR count). The molecule has 196 valence electrons. The molecule has 3 aliphatic rings. The van der Waals surface area contributed by atoms with Crippen LogP contribution in [0, 0.1) is 12.8 Å². The average molecular weight is 506 g/mol. The molecule has 1 fully saturated rings. The fourth-order valence-electron chi connectivity index (χ4n) is 6.15. The summed E-state index contributed by atoms with van der Waals surface area (Å²) >= 11 is 0. The number of piperidine rings is 1. The molecule has 0 radical (unpaired) electrons. The highest BCUT2D eigenvalue weighted by Gasteiger charge is 2.27. The summed E-state index contributed by atoms with van der Waals surface area (Å²) in [6.07, 6.45) is 8.67. The molecule has 2 aliphatic heterocycles. The highest BCUT2D eigenvalue weighted by Crippen LogP contribution is 2.36. The summed E-state index contributed by atoms with van der Waals surface area (Å²) in [6.45, 7) is 19.2. The van der Waals surface area contributed by atoms with Crippen LogP contribution in [0.15, 0.2) is 108 Å². The van der Waals surface area contributed by atoms with Crippen molar-refractivity contribution in [1.82, 2.24) is 16.0 Å². The third-order valence-electron chi connectivity index (χ3n) is 8.06. The Morgan fingerprint density at radius 1 is 1.05 bits per heavy atom. The van der Waals surface area contributed by atoms with Gasteiger partial charge in [-0.25, -0.2) is 0 Å². The van der Waals surface area contributed by atoms with E-state index in [4.69, 9.17) is 0 Å². The van der Waals surface area contributed by atoms with E-state index in [1.807, 2.05) is 19.1 Å². The Morgan fingerprint density at radius 3 is 2.45 bits per heavy atom. The fourth-order valence-corrected chi connectivity index (χ4v) is 6.15. The number of phenolic OH excluding ortho intramolecular Hbond substituents is 1. The first-order valence-corrected chi connectivity index (χ1v) is 13.6. The topological polar surface area (TPSA) is 56.3 Å². The number of nitrogens with one attached hydrogen (secondary N) is 3. The monoisotopic (exact) mass is 505 g/mol. The Hall–Kier alpha value is -3.76. The maximum absolute atomic E-state index is 10.7. The Labute approximate surface area is 227 Å². The van der Waals surface area contributed by atoms with Gasteiger partial charge in [-0.15, -0.1) is 0 Å². The third kappa shape index (κ3) is 5.27. The van der Waals surface area contributed by atoms with Crippen molar-refractivity contribution < 1.29 is 5.11 Å². The van der Waals surface area contributed by atoms with Gasteiger partial charge in [0.05, 0.1) is 0 Å². The molecule has 0 spiro atoms. The lowest BCUT2D eigenvalue weighted by atomic mass is 9.83. The van der Waals surface area contributed by atoms with Gasteiger partial charge in [0.1, 0.15) is 5.75 Å². The predicted octanol–water partition coefficient (Wildman–Crippen LogP) is 6.23. The van der Waals surface area contributed by atoms with Crippen molar-refractivity contribution in [3.05, 3.63) is 130 Å². The number of aryl methyl sites for hydroxylation is 1. The van der Waals surface area contributed by atoms with E-state index in [0.717, 1.165) is 83.7 Å². The van der Waals surface area contributed by atoms with Crippen LogP contribution in [0.4, 0.5) is 0 Å². The zero-order chi connectivity index (χ0) is 26.8. The van der Waals surface area contributed by atoms with Gasteiger partial charge in [0.2, 0.25) is 0 Å². The second-order valence-electron chi connectivity index (χ2n) is 10.8. The van der Waals surface area contributed by atoms with Crippen molar-refractivity contribution in [3.63, 3.8) is 0 Å². The van der Waals surface area contributed by atoms with Crippen molar-refractivity contribution in [2.45, 2.75) is 45.6 Å². The lowest BCUT2D eigenvalue weighted by molar-refractivity contribution is 0.426. The molecule has 1 unspecified atom stereocenters. The standard InChI is InChI=1S/C34H39N3O/c1-21-10-8-14-33(38)34(21)22(2)16-32(28-13-9-15-35-20-28)31-19-30(23(3)36-25(31)5)24(4)37-29-17-26-11-6-7-12-27(26)18-29/h6-8,10-12,14,16,19,28-29,35-38H,3-5,9,13,15,17-18,20H2,1-2H3/b22-16+,32-31+. The van der Waals surface area contributed by atoms with Crippen LogP contribution in [0.1, 0.15) is 42.0 Å². The Morgan fingerprint density at radius 2 is 1.79 bits per heavy atom. The van der Waals surface area contributed by atoms with E-state index in [1.54, 1.807) is 6.07 Å². The molecule has 1 atom stereocenters. The van der Waals surface area contributed by atoms with E-state index in [-0.39, 0.29) is 0 Å². The van der Waals surface area contributed by atoms with Gasteiger partial charge >= 0.3 is 0 Å². The second-order valence-corrected chi connectivity index (χ2v) is 10.8. The van der Waals surface area contributed by atoms with Crippen LogP contribution in [0.2, 0.25) is 0 Å². The largest absolute Gasteiger partial charge is 0.507 e. The summed E-state index contributed by atoms with van der Waals surface area (Å²) in [6, 6.07) is 14.7. The van der Waals surface area contributed by atoms with Crippen LogP contribution < -0.4 is 16.0 Å². The van der Waals surface area contributed by atoms with Crippen LogP contribution in [-0.2, 0) is 12.8 Å². The maximum Gasteiger partial charge on any atom is 0.123 e. The summed E-state index contributed by atoms with van der Waals surface area (Å²) in [5.74, 6) is 0.651. The molecule has 1 aliphatic carbocycles. The molecule has 1 saturated heterocycles. The molecule has 4 nitrogen and oxygen atoms in total. The molecule has 2 heterocycles. The SMILES string of the molecule is C=C1NC(=C)/C(=C(\C=C(/C)c2c(C)cccc2O)C2CCCNC2)C=C1C(=C)NC1Cc2ccccc2C1. The Bertz CT molecular complexity index is 1340. The van der Waals surface area contributed by atoms with Gasteiger partial charge in [0.25, 0.3) is 0 Å². The summed E-state index contributed by atoms with van der Waals surface area (Å²) < 4.78 is 0. The van der Waals surface area contributed by atoms with E-state index in [1.165, 1.54) is 16.7 Å². The van der Waals surface area contributed by atoms with Crippen LogP contribution >= 0.6 is 0 Å². The van der Waals surface area contributed by atoms with Crippen molar-refractivity contribution in [2.75, 3.05) is 13.1 Å². The number of hydrogen-bond donors (Lipinski definition) is 4. The number of fused-ring (bicyclic) bond motifs is 1. The van der Waals surface area contributed by atoms with Gasteiger partial charge in [-0.3, -0.25) is 0 Å². The molecule has 0 aromatic heterocycles. The Kier molecular flexibility index (Phi) is 7.44. The molecule has 2 aromatic rings. The van der Waals surface area contributed by atoms with Gasteiger partial charge < -0.3 is 21.1 Å². The molecule has 0 bridgehead atoms. The van der Waals surface area contributed by atoms with Gasteiger partial charge in [0, 0.05) is 46.4 Å². The summed E-state index contributed by atoms with van der Waals surface area (Å²) in [5.41, 5.74) is 11.6. The number of rotatable bonds is 6. The maximum atomic E-state index is 10.7. The first kappa shape index (κ1) is 25.9. The summed E-state index contributed by atoms with van der Waals surface area (Å²) in [4.78, 5) is 0. The lowest BCUT2D eigenvalue weighted by Crippen LogP contribution is -2.33. The predicted molar refractivity (Wildman–Crippen MR) is 159 cm³/mol. The molecular formula is C34H39N3O. The van der Waals surface area contributed by atoms with Crippen LogP contribution in [-0.4, -0.2) is 24.2 Å². The van der Waals surface area contributed by atoms with Crippen LogP contribution in [0.5, 0.6) is 5.75 Å². The highest BCUT2D eigenvalue weighted by atomic mass is 16.3. The molecule has 4 N–H and O–H groups in total. The van der Waals surface area contributed by atoms with E-state index >= 15 is 0 Å². The first-order chi connectivity index (χ1) is 18.3. The van der Waals surface area contributed by atoms with Crippen molar-refractivity contribution >= 4 is 5.57 Å². The molecule has 0 amide bonds. The quantitative estimate of drug-likeness (QED) is 0.376. The minimum Gasteiger partial charge on any atom is -0.507 e. The summed E-state index contributed by atoms with van der Waals surface area (Å²) in [7, 11) is 0. The normalized spacial score (nSPS) is 21.5. The van der Waals surface area contributed by atoms with Gasteiger partial charge in [-0.2, -0.15) is 0 Å². The first-order valence-electron chi connectivity index (χ1n) is 13.6. The number of benzene rings is 2. The van der Waals surface area contributed by atoms with Gasteiger partial charge in [-0.1, -0.05) is 62.2 Å². The third-order valence-corrected chi connectivity index (χ3v) is 8.06. The zero-order valence-electron chi connectivity index (χ0n) is 22.7. The summed E-state index contributed by atoms with van der Waals surface area (Å²) in [5, 5.41) is 21.4. The average Bonchev–Trinajstić information content (AvgIpc) is 3.30. The van der Waals surface area contributed by atoms with E-state index < -0.39 is 0 Å². The molecule has 38 heavy (non-hydrogen) atoms. The van der Waals surface area contributed by atoms with Crippen molar-refractivity contribution in [3.8, 4) is 5.75 Å². The smallest absolute Gasteiger partial charge is 0.123 e. The minimum atomic E-state index is 0.310. The van der Waals surface area contributed by atoms with Gasteiger partial charge in [0.15, 0.2) is 0 Å². The van der Waals surface area contributed by atoms with Crippen LogP contribution in [0.3, 0.4) is 0 Å². The highest BCUT2D eigenvalue weighted by molar-refractivity contribution is 5.74. The molecule has 2 aromatic carbocycles. The number of allylic oxidation sites excluding steroid dienone is 3. The fraction of sp³-hybridized carbons (Fsp3) is 0.294. The Balaban J connectivity index is 1.52. The molecular weight excluding hydrogens is 466 g/mol. The van der Waals surface area contributed by atoms with E-state index in [2.05, 4.69) is 79.0 Å². The number of hydrogen-bond acceptors (Lipinski definition) is 4. The molecule has 4 heteroatoms. The van der Waals surface area contributed by atoms with Crippen molar-refractivity contribution in [1.29, 1.82) is 0 Å². The molecule has 0 saturated carbocycles. The van der Waals surface area contributed by atoms with Crippen LogP contribution in [0.25, 0.3) is 5.57 Å². The van der Waals surface area contributed by atoms with E-state index in [9.17, 15) is 5.11 Å². The minimum absolute atomic E-state index is 0.310. The number of phenols is 1. The lowest BCUT2D eigenvalue weighted by Gasteiger charge is -2.31. The second kappa shape index (κ2) is 10.9. The van der Waals surface area contributed by atoms with E-state index in [0.29, 0.717) is 17.7 Å².